The number of halogens is 1. The molecule has 6 heteroatoms. The zero-order chi connectivity index (χ0) is 15.0. The van der Waals surface area contributed by atoms with Crippen molar-refractivity contribution in [3.05, 3.63) is 35.6 Å². The van der Waals surface area contributed by atoms with Crippen LogP contribution >= 0.6 is 11.8 Å². The number of rotatable bonds is 8. The van der Waals surface area contributed by atoms with Crippen LogP contribution in [0.4, 0.5) is 4.39 Å². The molecular formula is C14H18FNO3S. The number of carboxylic acids is 1. The van der Waals surface area contributed by atoms with Crippen LogP contribution in [0.3, 0.4) is 0 Å². The maximum absolute atomic E-state index is 12.7. The van der Waals surface area contributed by atoms with Crippen molar-refractivity contribution in [3.8, 4) is 0 Å². The van der Waals surface area contributed by atoms with Crippen molar-refractivity contribution < 1.29 is 19.1 Å². The Bertz CT molecular complexity index is 450. The van der Waals surface area contributed by atoms with Gasteiger partial charge in [-0.3, -0.25) is 9.59 Å². The van der Waals surface area contributed by atoms with Gasteiger partial charge in [-0.15, -0.1) is 11.8 Å². The fourth-order valence-electron chi connectivity index (χ4n) is 1.55. The topological polar surface area (TPSA) is 66.4 Å². The van der Waals surface area contributed by atoms with Gasteiger partial charge in [0.05, 0.1) is 5.75 Å². The van der Waals surface area contributed by atoms with Crippen LogP contribution in [0.15, 0.2) is 24.3 Å². The summed E-state index contributed by atoms with van der Waals surface area (Å²) >= 11 is 1.44. The first-order chi connectivity index (χ1) is 9.47. The molecule has 0 aliphatic rings. The highest BCUT2D eigenvalue weighted by molar-refractivity contribution is 7.99. The molecule has 0 fully saturated rings. The third kappa shape index (κ3) is 7.13. The predicted molar refractivity (Wildman–Crippen MR) is 77.0 cm³/mol. The highest BCUT2D eigenvalue weighted by Crippen LogP contribution is 2.12. The fourth-order valence-corrected chi connectivity index (χ4v) is 2.37. The Morgan fingerprint density at radius 3 is 2.60 bits per heavy atom. The molecule has 0 saturated carbocycles. The van der Waals surface area contributed by atoms with Gasteiger partial charge >= 0.3 is 5.97 Å². The number of carbonyl (C=O) groups is 2. The summed E-state index contributed by atoms with van der Waals surface area (Å²) in [6.07, 6.45) is 0.0446. The van der Waals surface area contributed by atoms with E-state index in [9.17, 15) is 14.0 Å². The lowest BCUT2D eigenvalue weighted by molar-refractivity contribution is -0.138. The van der Waals surface area contributed by atoms with Gasteiger partial charge in [-0.1, -0.05) is 19.1 Å². The van der Waals surface area contributed by atoms with Crippen LogP contribution in [0, 0.1) is 11.7 Å². The predicted octanol–water partition coefficient (Wildman–Crippen LogP) is 2.29. The first kappa shape index (κ1) is 16.5. The maximum Gasteiger partial charge on any atom is 0.303 e. The van der Waals surface area contributed by atoms with Crippen LogP contribution < -0.4 is 5.32 Å². The van der Waals surface area contributed by atoms with E-state index in [4.69, 9.17) is 5.11 Å². The minimum Gasteiger partial charge on any atom is -0.481 e. The third-order valence-corrected chi connectivity index (χ3v) is 3.59. The molecule has 1 amide bonds. The molecule has 0 aliphatic carbocycles. The second kappa shape index (κ2) is 8.58. The summed E-state index contributed by atoms with van der Waals surface area (Å²) in [5, 5.41) is 11.3. The first-order valence-corrected chi connectivity index (χ1v) is 7.43. The Morgan fingerprint density at radius 2 is 2.00 bits per heavy atom. The monoisotopic (exact) mass is 299 g/mol. The van der Waals surface area contributed by atoms with Crippen LogP contribution in [0.1, 0.15) is 18.9 Å². The van der Waals surface area contributed by atoms with Crippen molar-refractivity contribution in [2.24, 2.45) is 5.92 Å². The van der Waals surface area contributed by atoms with E-state index >= 15 is 0 Å². The van der Waals surface area contributed by atoms with E-state index in [1.807, 2.05) is 0 Å². The smallest absolute Gasteiger partial charge is 0.303 e. The van der Waals surface area contributed by atoms with Gasteiger partial charge in [0.1, 0.15) is 5.82 Å². The van der Waals surface area contributed by atoms with E-state index in [1.165, 1.54) is 23.9 Å². The summed E-state index contributed by atoms with van der Waals surface area (Å²) in [6.45, 7) is 2.14. The van der Waals surface area contributed by atoms with Gasteiger partial charge in [-0.05, 0) is 23.6 Å². The number of amides is 1. The van der Waals surface area contributed by atoms with E-state index in [-0.39, 0.29) is 24.1 Å². The Labute approximate surface area is 121 Å². The van der Waals surface area contributed by atoms with Gasteiger partial charge in [0.15, 0.2) is 0 Å². The van der Waals surface area contributed by atoms with Crippen LogP contribution in [0.2, 0.25) is 0 Å². The Balaban J connectivity index is 2.17. The summed E-state index contributed by atoms with van der Waals surface area (Å²) in [5.74, 6) is -0.399. The molecule has 0 spiro atoms. The van der Waals surface area contributed by atoms with Gasteiger partial charge in [0.2, 0.25) is 5.91 Å². The summed E-state index contributed by atoms with van der Waals surface area (Å²) in [7, 11) is 0. The third-order valence-electron chi connectivity index (χ3n) is 2.59. The molecule has 0 heterocycles. The molecule has 2 N–H and O–H groups in total. The van der Waals surface area contributed by atoms with E-state index in [2.05, 4.69) is 5.32 Å². The van der Waals surface area contributed by atoms with Crippen molar-refractivity contribution >= 4 is 23.6 Å². The Morgan fingerprint density at radius 1 is 1.35 bits per heavy atom. The molecule has 20 heavy (non-hydrogen) atoms. The summed E-state index contributed by atoms with van der Waals surface area (Å²) in [6, 6.07) is 6.16. The van der Waals surface area contributed by atoms with Crippen molar-refractivity contribution in [3.63, 3.8) is 0 Å². The molecule has 1 aromatic carbocycles. The number of carboxylic acid groups (broad SMARTS) is 1. The number of hydrogen-bond donors (Lipinski definition) is 2. The molecule has 0 aliphatic heterocycles. The van der Waals surface area contributed by atoms with Crippen LogP contribution in [-0.2, 0) is 15.3 Å². The minimum atomic E-state index is -0.863. The summed E-state index contributed by atoms with van der Waals surface area (Å²) in [5.41, 5.74) is 0.962. The number of benzene rings is 1. The first-order valence-electron chi connectivity index (χ1n) is 6.28. The molecular weight excluding hydrogens is 281 g/mol. The molecule has 0 bridgehead atoms. The van der Waals surface area contributed by atoms with E-state index in [0.717, 1.165) is 5.56 Å². The number of thioether (sulfide) groups is 1. The molecule has 110 valence electrons. The van der Waals surface area contributed by atoms with Crippen molar-refractivity contribution in [1.29, 1.82) is 0 Å². The molecule has 0 aromatic heterocycles. The zero-order valence-electron chi connectivity index (χ0n) is 11.3. The second-order valence-corrected chi connectivity index (χ2v) is 5.61. The van der Waals surface area contributed by atoms with Gasteiger partial charge in [0.25, 0.3) is 0 Å². The SMILES string of the molecule is CC(CNC(=O)CSCc1ccc(F)cc1)CC(=O)O. The Kier molecular flexibility index (Phi) is 7.08. The lowest BCUT2D eigenvalue weighted by atomic mass is 10.1. The van der Waals surface area contributed by atoms with E-state index in [1.54, 1.807) is 19.1 Å². The molecule has 0 saturated heterocycles. The van der Waals surface area contributed by atoms with Gasteiger partial charge < -0.3 is 10.4 Å². The number of carbonyl (C=O) groups excluding carboxylic acids is 1. The minimum absolute atomic E-state index is 0.0446. The molecule has 0 radical (unpaired) electrons. The van der Waals surface area contributed by atoms with Crippen LogP contribution in [0.5, 0.6) is 0 Å². The largest absolute Gasteiger partial charge is 0.481 e. The Hall–Kier alpha value is -1.56. The summed E-state index contributed by atoms with van der Waals surface area (Å²) < 4.78 is 12.7. The molecule has 4 nitrogen and oxygen atoms in total. The van der Waals surface area contributed by atoms with Crippen LogP contribution in [0.25, 0.3) is 0 Å². The van der Waals surface area contributed by atoms with Crippen molar-refractivity contribution in [1.82, 2.24) is 5.32 Å². The van der Waals surface area contributed by atoms with Gasteiger partial charge in [-0.2, -0.15) is 0 Å². The lowest BCUT2D eigenvalue weighted by Crippen LogP contribution is -2.30. The summed E-state index contributed by atoms with van der Waals surface area (Å²) in [4.78, 5) is 22.0. The molecule has 1 rings (SSSR count). The second-order valence-electron chi connectivity index (χ2n) is 4.63. The van der Waals surface area contributed by atoms with Crippen molar-refractivity contribution in [2.75, 3.05) is 12.3 Å². The molecule has 1 atom stereocenters. The van der Waals surface area contributed by atoms with Crippen molar-refractivity contribution in [2.45, 2.75) is 19.1 Å². The number of hydrogen-bond acceptors (Lipinski definition) is 3. The van der Waals surface area contributed by atoms with Gasteiger partial charge in [0, 0.05) is 18.7 Å². The highest BCUT2D eigenvalue weighted by Gasteiger charge is 2.09. The normalized spacial score (nSPS) is 11.9. The maximum atomic E-state index is 12.7. The molecule has 1 unspecified atom stereocenters. The van der Waals surface area contributed by atoms with E-state index < -0.39 is 5.97 Å². The zero-order valence-corrected chi connectivity index (χ0v) is 12.1. The average molecular weight is 299 g/mol. The quantitative estimate of drug-likeness (QED) is 0.773. The highest BCUT2D eigenvalue weighted by atomic mass is 32.2. The van der Waals surface area contributed by atoms with Crippen LogP contribution in [-0.4, -0.2) is 29.3 Å². The lowest BCUT2D eigenvalue weighted by Gasteiger charge is -2.10. The average Bonchev–Trinajstić information content (AvgIpc) is 2.38. The molecule has 1 aromatic rings. The standard InChI is InChI=1S/C14H18FNO3S/c1-10(6-14(18)19)7-16-13(17)9-20-8-11-2-4-12(15)5-3-11/h2-5,10H,6-9H2,1H3,(H,16,17)(H,18,19). The van der Waals surface area contributed by atoms with Gasteiger partial charge in [-0.25, -0.2) is 4.39 Å². The van der Waals surface area contributed by atoms with E-state index in [0.29, 0.717) is 18.1 Å². The fraction of sp³-hybridized carbons (Fsp3) is 0.429. The number of aliphatic carboxylic acids is 1. The number of nitrogens with one attached hydrogen (secondary N) is 1.